The van der Waals surface area contributed by atoms with Gasteiger partial charge in [0.05, 0.1) is 10.7 Å². The summed E-state index contributed by atoms with van der Waals surface area (Å²) in [6.07, 6.45) is 3.20. The maximum absolute atomic E-state index is 11.0. The summed E-state index contributed by atoms with van der Waals surface area (Å²) in [4.78, 5) is 11.4. The topological polar surface area (TPSA) is 26.3 Å². The Morgan fingerprint density at radius 1 is 1.50 bits per heavy atom. The number of ether oxygens (including phenoxy) is 1. The van der Waals surface area contributed by atoms with Crippen LogP contribution in [0.25, 0.3) is 0 Å². The number of hydrogen-bond donors (Lipinski definition) is 0. The highest BCUT2D eigenvalue weighted by molar-refractivity contribution is 9.09. The molecule has 1 saturated carbocycles. The van der Waals surface area contributed by atoms with Crippen LogP contribution in [0.4, 0.5) is 0 Å². The molecular weight excluding hydrogens is 196 g/mol. The van der Waals surface area contributed by atoms with Gasteiger partial charge in [0.1, 0.15) is 6.10 Å². The van der Waals surface area contributed by atoms with Gasteiger partial charge >= 0.3 is 5.97 Å². The monoisotopic (exact) mass is 204 g/mol. The van der Waals surface area contributed by atoms with Gasteiger partial charge in [0.2, 0.25) is 0 Å². The van der Waals surface area contributed by atoms with Gasteiger partial charge in [-0.05, 0) is 19.3 Å². The number of rotatable bonds is 0. The van der Waals surface area contributed by atoms with Crippen molar-refractivity contribution in [2.75, 3.05) is 0 Å². The molecule has 56 valence electrons. The Morgan fingerprint density at radius 2 is 2.30 bits per heavy atom. The molecule has 2 aliphatic rings. The number of carbonyl (C=O) groups is 1. The highest BCUT2D eigenvalue weighted by atomic mass is 79.9. The molecule has 0 aromatic rings. The van der Waals surface area contributed by atoms with Crippen LogP contribution in [0.2, 0.25) is 0 Å². The number of fused-ring (bicyclic) bond motifs is 2. The number of carbonyl (C=O) groups excluding carboxylic acids is 1. The normalized spacial score (nSPS) is 45.3. The lowest BCUT2D eigenvalue weighted by atomic mass is 9.90. The van der Waals surface area contributed by atoms with Crippen molar-refractivity contribution in [2.24, 2.45) is 5.92 Å². The van der Waals surface area contributed by atoms with Gasteiger partial charge in [-0.3, -0.25) is 4.79 Å². The Bertz CT molecular complexity index is 169. The molecule has 2 fully saturated rings. The van der Waals surface area contributed by atoms with Crippen LogP contribution in [0.3, 0.4) is 0 Å². The lowest BCUT2D eigenvalue weighted by Gasteiger charge is -2.19. The summed E-state index contributed by atoms with van der Waals surface area (Å²) in [5.41, 5.74) is 0. The zero-order valence-corrected chi connectivity index (χ0v) is 7.13. The molecule has 1 saturated heterocycles. The van der Waals surface area contributed by atoms with E-state index in [0.29, 0.717) is 4.83 Å². The largest absolute Gasteiger partial charge is 0.461 e. The van der Waals surface area contributed by atoms with Gasteiger partial charge in [0.25, 0.3) is 0 Å². The van der Waals surface area contributed by atoms with Crippen molar-refractivity contribution >= 4 is 21.9 Å². The van der Waals surface area contributed by atoms with E-state index in [0.717, 1.165) is 19.3 Å². The average molecular weight is 205 g/mol. The third kappa shape index (κ3) is 0.875. The summed E-state index contributed by atoms with van der Waals surface area (Å²) in [7, 11) is 0. The first-order valence-electron chi connectivity index (χ1n) is 3.62. The fraction of sp³-hybridized carbons (Fsp3) is 0.857. The maximum Gasteiger partial charge on any atom is 0.309 e. The van der Waals surface area contributed by atoms with Crippen LogP contribution >= 0.6 is 15.9 Å². The molecule has 0 N–H and O–H groups in total. The molecule has 3 atom stereocenters. The van der Waals surface area contributed by atoms with E-state index in [9.17, 15) is 4.79 Å². The minimum Gasteiger partial charge on any atom is -0.461 e. The molecule has 0 spiro atoms. The van der Waals surface area contributed by atoms with Crippen LogP contribution in [0, 0.1) is 5.92 Å². The zero-order chi connectivity index (χ0) is 7.14. The molecule has 0 aromatic carbocycles. The predicted octanol–water partition coefficient (Wildman–Crippen LogP) is 1.48. The number of esters is 1. The number of halogens is 1. The lowest BCUT2D eigenvalue weighted by Crippen LogP contribution is -2.23. The first kappa shape index (κ1) is 6.65. The standard InChI is InChI=1S/C7H9BrO2/c8-5-2-1-4-3-6(5)10-7(4)9/h4-6H,1-3H2/t4-,5+,6+/m1/s1. The quantitative estimate of drug-likeness (QED) is 0.442. The number of hydrogen-bond acceptors (Lipinski definition) is 2. The highest BCUT2D eigenvalue weighted by Gasteiger charge is 2.41. The minimum atomic E-state index is 0.0203. The van der Waals surface area contributed by atoms with Gasteiger partial charge in [-0.1, -0.05) is 15.9 Å². The third-order valence-electron chi connectivity index (χ3n) is 2.31. The van der Waals surface area contributed by atoms with Crippen molar-refractivity contribution in [1.82, 2.24) is 0 Å². The fourth-order valence-electron chi connectivity index (χ4n) is 1.67. The van der Waals surface area contributed by atoms with Crippen molar-refractivity contribution in [2.45, 2.75) is 30.2 Å². The lowest BCUT2D eigenvalue weighted by molar-refractivity contribution is -0.143. The van der Waals surface area contributed by atoms with E-state index < -0.39 is 0 Å². The Kier molecular flexibility index (Phi) is 1.48. The first-order chi connectivity index (χ1) is 4.77. The average Bonchev–Trinajstić information content (AvgIpc) is 2.21. The van der Waals surface area contributed by atoms with Crippen molar-refractivity contribution < 1.29 is 9.53 Å². The summed E-state index contributed by atoms with van der Waals surface area (Å²) >= 11 is 3.49. The highest BCUT2D eigenvalue weighted by Crippen LogP contribution is 2.37. The van der Waals surface area contributed by atoms with Crippen molar-refractivity contribution in [3.05, 3.63) is 0 Å². The van der Waals surface area contributed by atoms with Crippen LogP contribution in [-0.2, 0) is 9.53 Å². The van der Waals surface area contributed by atoms with Crippen molar-refractivity contribution in [3.8, 4) is 0 Å². The smallest absolute Gasteiger partial charge is 0.309 e. The van der Waals surface area contributed by atoms with Crippen LogP contribution in [0.1, 0.15) is 19.3 Å². The van der Waals surface area contributed by atoms with Crippen molar-refractivity contribution in [3.63, 3.8) is 0 Å². The second-order valence-electron chi connectivity index (χ2n) is 3.00. The molecule has 2 nitrogen and oxygen atoms in total. The van der Waals surface area contributed by atoms with E-state index in [2.05, 4.69) is 15.9 Å². The first-order valence-corrected chi connectivity index (χ1v) is 4.53. The van der Waals surface area contributed by atoms with Gasteiger partial charge in [0, 0.05) is 0 Å². The summed E-state index contributed by atoms with van der Waals surface area (Å²) < 4.78 is 5.11. The Labute approximate surface area is 68.1 Å². The van der Waals surface area contributed by atoms with Gasteiger partial charge in [-0.25, -0.2) is 0 Å². The van der Waals surface area contributed by atoms with Gasteiger partial charge in [-0.15, -0.1) is 0 Å². The molecule has 0 radical (unpaired) electrons. The zero-order valence-electron chi connectivity index (χ0n) is 5.55. The molecule has 1 aliphatic heterocycles. The van der Waals surface area contributed by atoms with E-state index in [1.807, 2.05) is 0 Å². The Morgan fingerprint density at radius 3 is 3.00 bits per heavy atom. The molecule has 1 heterocycles. The third-order valence-corrected chi connectivity index (χ3v) is 3.36. The minimum absolute atomic E-state index is 0.0203. The van der Waals surface area contributed by atoms with Crippen LogP contribution in [0.15, 0.2) is 0 Å². The number of alkyl halides is 1. The molecule has 2 rings (SSSR count). The van der Waals surface area contributed by atoms with E-state index in [-0.39, 0.29) is 18.0 Å². The fourth-order valence-corrected chi connectivity index (χ4v) is 2.26. The summed E-state index contributed by atoms with van der Waals surface area (Å²) in [5, 5.41) is 0. The molecule has 0 amide bonds. The summed E-state index contributed by atoms with van der Waals surface area (Å²) in [5.74, 6) is 0.241. The second kappa shape index (κ2) is 2.22. The predicted molar refractivity (Wildman–Crippen MR) is 39.9 cm³/mol. The van der Waals surface area contributed by atoms with Gasteiger partial charge in [-0.2, -0.15) is 0 Å². The van der Waals surface area contributed by atoms with E-state index in [1.165, 1.54) is 0 Å². The Balaban J connectivity index is 2.15. The van der Waals surface area contributed by atoms with Crippen LogP contribution in [-0.4, -0.2) is 16.9 Å². The maximum atomic E-state index is 11.0. The van der Waals surface area contributed by atoms with Crippen LogP contribution in [0.5, 0.6) is 0 Å². The molecule has 3 heteroatoms. The van der Waals surface area contributed by atoms with E-state index in [1.54, 1.807) is 0 Å². The molecular formula is C7H9BrO2. The SMILES string of the molecule is O=C1O[C@H]2C[C@H]1CC[C@@H]2Br. The van der Waals surface area contributed by atoms with Crippen molar-refractivity contribution in [1.29, 1.82) is 0 Å². The summed E-state index contributed by atoms with van der Waals surface area (Å²) in [6.45, 7) is 0. The Hall–Kier alpha value is -0.0500. The van der Waals surface area contributed by atoms with Gasteiger partial charge < -0.3 is 4.74 Å². The van der Waals surface area contributed by atoms with E-state index >= 15 is 0 Å². The van der Waals surface area contributed by atoms with Crippen LogP contribution < -0.4 is 0 Å². The van der Waals surface area contributed by atoms with Gasteiger partial charge in [0.15, 0.2) is 0 Å². The molecule has 0 aromatic heterocycles. The summed E-state index contributed by atoms with van der Waals surface area (Å²) in [6, 6.07) is 0. The molecule has 1 aliphatic carbocycles. The second-order valence-corrected chi connectivity index (χ2v) is 4.18. The molecule has 2 bridgehead atoms. The molecule has 10 heavy (non-hydrogen) atoms. The molecule has 0 unspecified atom stereocenters. The van der Waals surface area contributed by atoms with E-state index in [4.69, 9.17) is 4.74 Å².